The highest BCUT2D eigenvalue weighted by atomic mass is 79.9. The molecule has 1 aliphatic rings. The van der Waals surface area contributed by atoms with Crippen molar-refractivity contribution in [2.75, 3.05) is 18.6 Å². The van der Waals surface area contributed by atoms with E-state index >= 15 is 0 Å². The van der Waals surface area contributed by atoms with Crippen LogP contribution in [0.15, 0.2) is 10.7 Å². The maximum absolute atomic E-state index is 10.7. The lowest BCUT2D eigenvalue weighted by Crippen LogP contribution is -2.42. The van der Waals surface area contributed by atoms with Crippen LogP contribution < -0.4 is 9.64 Å². The van der Waals surface area contributed by atoms with E-state index in [-0.39, 0.29) is 6.42 Å². The third kappa shape index (κ3) is 3.34. The Morgan fingerprint density at radius 3 is 2.89 bits per heavy atom. The van der Waals surface area contributed by atoms with Gasteiger partial charge in [-0.2, -0.15) is 4.98 Å². The van der Waals surface area contributed by atoms with Crippen molar-refractivity contribution in [3.05, 3.63) is 10.7 Å². The van der Waals surface area contributed by atoms with Crippen molar-refractivity contribution in [2.45, 2.75) is 31.7 Å². The lowest BCUT2D eigenvalue weighted by Gasteiger charge is -2.37. The number of hydrogen-bond acceptors (Lipinski definition) is 5. The standard InChI is InChI=1S/C12H16BrN3O3/c1-19-11-9(13)7-14-12(15-11)16(6-5-10(17)18)8-3-2-4-8/h7-8H,2-6H2,1H3,(H,17,18). The van der Waals surface area contributed by atoms with Gasteiger partial charge in [0.15, 0.2) is 0 Å². The molecule has 0 saturated heterocycles. The molecule has 0 atom stereocenters. The van der Waals surface area contributed by atoms with E-state index in [1.165, 1.54) is 6.42 Å². The van der Waals surface area contributed by atoms with Gasteiger partial charge < -0.3 is 14.7 Å². The number of carbonyl (C=O) groups is 1. The number of carboxylic acid groups (broad SMARTS) is 1. The SMILES string of the molecule is COc1nc(N(CCC(=O)O)C2CCC2)ncc1Br. The predicted octanol–water partition coefficient (Wildman–Crippen LogP) is 2.08. The van der Waals surface area contributed by atoms with Crippen LogP contribution in [-0.2, 0) is 4.79 Å². The zero-order chi connectivity index (χ0) is 13.8. The normalized spacial score (nSPS) is 14.8. The number of rotatable bonds is 6. The van der Waals surface area contributed by atoms with Crippen LogP contribution in [0.1, 0.15) is 25.7 Å². The van der Waals surface area contributed by atoms with Gasteiger partial charge in [-0.3, -0.25) is 4.79 Å². The first-order valence-electron chi connectivity index (χ1n) is 6.16. The zero-order valence-electron chi connectivity index (χ0n) is 10.7. The van der Waals surface area contributed by atoms with Gasteiger partial charge in [-0.25, -0.2) is 4.98 Å². The topological polar surface area (TPSA) is 75.5 Å². The average Bonchev–Trinajstić information content (AvgIpc) is 2.32. The van der Waals surface area contributed by atoms with E-state index in [1.54, 1.807) is 13.3 Å². The summed E-state index contributed by atoms with van der Waals surface area (Å²) in [5, 5.41) is 8.83. The number of halogens is 1. The molecule has 0 amide bonds. The van der Waals surface area contributed by atoms with Gasteiger partial charge in [-0.05, 0) is 35.2 Å². The summed E-state index contributed by atoms with van der Waals surface area (Å²) in [6, 6.07) is 0.338. The molecule has 1 N–H and O–H groups in total. The molecule has 0 unspecified atom stereocenters. The van der Waals surface area contributed by atoms with Gasteiger partial charge in [-0.1, -0.05) is 0 Å². The Hall–Kier alpha value is -1.37. The molecule has 0 spiro atoms. The van der Waals surface area contributed by atoms with Gasteiger partial charge in [0.2, 0.25) is 11.8 Å². The highest BCUT2D eigenvalue weighted by Gasteiger charge is 2.27. The molecule has 0 radical (unpaired) electrons. The van der Waals surface area contributed by atoms with Gasteiger partial charge in [0.05, 0.1) is 24.2 Å². The number of ether oxygens (including phenoxy) is 1. The van der Waals surface area contributed by atoms with E-state index < -0.39 is 5.97 Å². The lowest BCUT2D eigenvalue weighted by molar-refractivity contribution is -0.136. The van der Waals surface area contributed by atoms with Gasteiger partial charge in [-0.15, -0.1) is 0 Å². The molecule has 104 valence electrons. The summed E-state index contributed by atoms with van der Waals surface area (Å²) in [7, 11) is 1.54. The molecule has 1 heterocycles. The predicted molar refractivity (Wildman–Crippen MR) is 73.5 cm³/mol. The van der Waals surface area contributed by atoms with Gasteiger partial charge in [0.25, 0.3) is 0 Å². The second-order valence-electron chi connectivity index (χ2n) is 4.45. The molecule has 1 aromatic rings. The molecular formula is C12H16BrN3O3. The second kappa shape index (κ2) is 6.18. The maximum atomic E-state index is 10.7. The lowest BCUT2D eigenvalue weighted by atomic mass is 9.91. The van der Waals surface area contributed by atoms with E-state index in [1.807, 2.05) is 4.90 Å². The highest BCUT2D eigenvalue weighted by molar-refractivity contribution is 9.10. The molecule has 2 rings (SSSR count). The molecule has 0 aromatic carbocycles. The Kier molecular flexibility index (Phi) is 4.57. The molecule has 6 nitrogen and oxygen atoms in total. The fraction of sp³-hybridized carbons (Fsp3) is 0.583. The van der Waals surface area contributed by atoms with Crippen molar-refractivity contribution in [3.63, 3.8) is 0 Å². The Bertz CT molecular complexity index is 466. The second-order valence-corrected chi connectivity index (χ2v) is 5.30. The van der Waals surface area contributed by atoms with E-state index in [9.17, 15) is 4.79 Å². The molecule has 0 bridgehead atoms. The number of carboxylic acids is 1. The first-order valence-corrected chi connectivity index (χ1v) is 6.96. The highest BCUT2D eigenvalue weighted by Crippen LogP contribution is 2.30. The van der Waals surface area contributed by atoms with Gasteiger partial charge >= 0.3 is 5.97 Å². The largest absolute Gasteiger partial charge is 0.481 e. The summed E-state index contributed by atoms with van der Waals surface area (Å²) in [5.41, 5.74) is 0. The molecule has 1 saturated carbocycles. The Morgan fingerprint density at radius 1 is 1.63 bits per heavy atom. The quantitative estimate of drug-likeness (QED) is 0.861. The molecular weight excluding hydrogens is 314 g/mol. The molecule has 1 aliphatic carbocycles. The van der Waals surface area contributed by atoms with Crippen LogP contribution in [0.4, 0.5) is 5.95 Å². The molecule has 0 aliphatic heterocycles. The number of aromatic nitrogens is 2. The molecule has 7 heteroatoms. The monoisotopic (exact) mass is 329 g/mol. The van der Waals surface area contributed by atoms with Crippen molar-refractivity contribution >= 4 is 27.8 Å². The van der Waals surface area contributed by atoms with Crippen LogP contribution in [0.3, 0.4) is 0 Å². The van der Waals surface area contributed by atoms with E-state index in [0.29, 0.717) is 28.9 Å². The first kappa shape index (κ1) is 14.0. The number of hydrogen-bond donors (Lipinski definition) is 1. The van der Waals surface area contributed by atoms with Crippen LogP contribution in [0, 0.1) is 0 Å². The fourth-order valence-electron chi connectivity index (χ4n) is 1.98. The van der Waals surface area contributed by atoms with Crippen molar-refractivity contribution in [3.8, 4) is 5.88 Å². The molecule has 1 aromatic heterocycles. The number of anilines is 1. The van der Waals surface area contributed by atoms with Crippen LogP contribution in [0.5, 0.6) is 5.88 Å². The minimum absolute atomic E-state index is 0.0816. The van der Waals surface area contributed by atoms with Crippen LogP contribution in [0.25, 0.3) is 0 Å². The summed E-state index contributed by atoms with van der Waals surface area (Å²) in [4.78, 5) is 21.3. The number of methoxy groups -OCH3 is 1. The number of nitrogens with zero attached hydrogens (tertiary/aromatic N) is 3. The average molecular weight is 330 g/mol. The minimum atomic E-state index is -0.812. The Balaban J connectivity index is 2.18. The van der Waals surface area contributed by atoms with Gasteiger partial charge in [0.1, 0.15) is 0 Å². The molecule has 1 fully saturated rings. The minimum Gasteiger partial charge on any atom is -0.481 e. The smallest absolute Gasteiger partial charge is 0.305 e. The van der Waals surface area contributed by atoms with Crippen LogP contribution in [0.2, 0.25) is 0 Å². The summed E-state index contributed by atoms with van der Waals surface area (Å²) in [6.45, 7) is 0.421. The summed E-state index contributed by atoms with van der Waals surface area (Å²) in [5.74, 6) is 0.184. The third-order valence-corrected chi connectivity index (χ3v) is 3.78. The summed E-state index contributed by atoms with van der Waals surface area (Å²) in [6.07, 6.45) is 5.00. The molecule has 19 heavy (non-hydrogen) atoms. The van der Waals surface area contributed by atoms with Crippen molar-refractivity contribution in [1.29, 1.82) is 0 Å². The summed E-state index contributed by atoms with van der Waals surface area (Å²) < 4.78 is 5.84. The van der Waals surface area contributed by atoms with Gasteiger partial charge in [0, 0.05) is 12.6 Å². The van der Waals surface area contributed by atoms with Crippen LogP contribution >= 0.6 is 15.9 Å². The number of aliphatic carboxylic acids is 1. The Morgan fingerprint density at radius 2 is 2.37 bits per heavy atom. The van der Waals surface area contributed by atoms with E-state index in [2.05, 4.69) is 25.9 Å². The maximum Gasteiger partial charge on any atom is 0.305 e. The third-order valence-electron chi connectivity index (χ3n) is 3.23. The van der Waals surface area contributed by atoms with E-state index in [0.717, 1.165) is 12.8 Å². The van der Waals surface area contributed by atoms with Crippen LogP contribution in [-0.4, -0.2) is 40.7 Å². The zero-order valence-corrected chi connectivity index (χ0v) is 12.3. The van der Waals surface area contributed by atoms with E-state index in [4.69, 9.17) is 9.84 Å². The van der Waals surface area contributed by atoms with Crippen molar-refractivity contribution in [2.24, 2.45) is 0 Å². The Labute approximate surface area is 119 Å². The fourth-order valence-corrected chi connectivity index (χ4v) is 2.34. The summed E-state index contributed by atoms with van der Waals surface area (Å²) >= 11 is 3.31. The van der Waals surface area contributed by atoms with Crippen molar-refractivity contribution in [1.82, 2.24) is 9.97 Å². The van der Waals surface area contributed by atoms with Crippen molar-refractivity contribution < 1.29 is 14.6 Å². The first-order chi connectivity index (χ1) is 9.11.